The number of methoxy groups -OCH3 is 1. The number of nitrogens with zero attached hydrogens (tertiary/aromatic N) is 5. The molecule has 2 N–H and O–H groups in total. The molecule has 2 aliphatic rings. The monoisotopic (exact) mass is 529 g/mol. The van der Waals surface area contributed by atoms with Gasteiger partial charge in [-0.15, -0.1) is 0 Å². The van der Waals surface area contributed by atoms with Gasteiger partial charge in [0.15, 0.2) is 5.76 Å². The smallest absolute Gasteiger partial charge is 0.235 e. The number of ketones is 1. The fourth-order valence-electron chi connectivity index (χ4n) is 5.44. The van der Waals surface area contributed by atoms with Gasteiger partial charge in [0.25, 0.3) is 0 Å². The van der Waals surface area contributed by atoms with Crippen LogP contribution in [0.25, 0.3) is 28.2 Å². The maximum absolute atomic E-state index is 13.3. The molecule has 6 rings (SSSR count). The second-order valence-corrected chi connectivity index (χ2v) is 10.1. The summed E-state index contributed by atoms with van der Waals surface area (Å²) in [5.41, 5.74) is 3.64. The number of piperazine rings is 1. The van der Waals surface area contributed by atoms with E-state index in [1.165, 1.54) is 6.07 Å². The molecule has 4 aromatic rings. The van der Waals surface area contributed by atoms with Crippen LogP contribution in [0.1, 0.15) is 15.9 Å². The average Bonchev–Trinajstić information content (AvgIpc) is 3.57. The molecule has 1 fully saturated rings. The van der Waals surface area contributed by atoms with Crippen LogP contribution in [-0.4, -0.2) is 87.0 Å². The van der Waals surface area contributed by atoms with Crippen molar-refractivity contribution < 1.29 is 24.5 Å². The van der Waals surface area contributed by atoms with Gasteiger partial charge in [0.1, 0.15) is 28.6 Å². The van der Waals surface area contributed by atoms with Crippen LogP contribution in [0.15, 0.2) is 48.5 Å². The van der Waals surface area contributed by atoms with Crippen LogP contribution in [0, 0.1) is 0 Å². The molecule has 10 nitrogen and oxygen atoms in total. The Kier molecular flexibility index (Phi) is 6.28. The Labute approximate surface area is 225 Å². The summed E-state index contributed by atoms with van der Waals surface area (Å²) in [6.45, 7) is 5.72. The van der Waals surface area contributed by atoms with Gasteiger partial charge < -0.3 is 29.2 Å². The number of aryl methyl sites for hydroxylation is 1. The molecule has 2 aromatic heterocycles. The number of benzene rings is 2. The lowest BCUT2D eigenvalue weighted by Crippen LogP contribution is -2.45. The van der Waals surface area contributed by atoms with Crippen molar-refractivity contribution in [3.8, 4) is 34.3 Å². The Morgan fingerprint density at radius 3 is 2.59 bits per heavy atom. The second kappa shape index (κ2) is 9.79. The highest BCUT2D eigenvalue weighted by Crippen LogP contribution is 2.43. The summed E-state index contributed by atoms with van der Waals surface area (Å²) in [5.74, 6) is -0.0507. The van der Waals surface area contributed by atoms with Crippen LogP contribution < -0.4 is 9.47 Å². The van der Waals surface area contributed by atoms with Crippen molar-refractivity contribution >= 4 is 22.8 Å². The van der Waals surface area contributed by atoms with Gasteiger partial charge in [0.2, 0.25) is 5.78 Å². The number of aromatic nitrogens is 3. The van der Waals surface area contributed by atoms with E-state index in [0.29, 0.717) is 5.75 Å². The number of fused-ring (bicyclic) bond motifs is 2. The van der Waals surface area contributed by atoms with Gasteiger partial charge in [-0.25, -0.2) is 0 Å². The normalized spacial score (nSPS) is 17.2. The van der Waals surface area contributed by atoms with Crippen molar-refractivity contribution in [3.63, 3.8) is 0 Å². The number of rotatable bonds is 6. The molecule has 10 heteroatoms. The van der Waals surface area contributed by atoms with Crippen molar-refractivity contribution in [3.05, 3.63) is 59.6 Å². The first-order chi connectivity index (χ1) is 18.8. The van der Waals surface area contributed by atoms with Gasteiger partial charge in [0.05, 0.1) is 19.0 Å². The standard InChI is InChI=1S/C29H31N5O5/c1-31-6-8-33(9-7-31)10-11-34-23-5-4-20(38-3)14-21(23)22(28(34)18-16-30-32(2)17-18)15-26-29(37)27-24(36)12-19(35)13-25(27)39-26/h4-5,12-17,35-36H,6-11H2,1-3H3/b26-15-. The number of phenolic OH excluding ortho intramolecular Hbond substituents is 2. The summed E-state index contributed by atoms with van der Waals surface area (Å²) in [7, 11) is 5.65. The molecule has 0 saturated carbocycles. The third-order valence-corrected chi connectivity index (χ3v) is 7.54. The molecular weight excluding hydrogens is 498 g/mol. The summed E-state index contributed by atoms with van der Waals surface area (Å²) in [4.78, 5) is 18.1. The molecule has 0 bridgehead atoms. The fraction of sp³-hybridized carbons (Fsp3) is 0.310. The highest BCUT2D eigenvalue weighted by Gasteiger charge is 2.32. The van der Waals surface area contributed by atoms with E-state index in [0.717, 1.165) is 73.1 Å². The lowest BCUT2D eigenvalue weighted by Gasteiger charge is -2.32. The van der Waals surface area contributed by atoms with Crippen molar-refractivity contribution in [1.82, 2.24) is 24.1 Å². The molecule has 39 heavy (non-hydrogen) atoms. The van der Waals surface area contributed by atoms with Crippen LogP contribution in [0.4, 0.5) is 0 Å². The number of hydrogen-bond acceptors (Lipinski definition) is 8. The van der Waals surface area contributed by atoms with E-state index in [2.05, 4.69) is 26.5 Å². The predicted molar refractivity (Wildman–Crippen MR) is 147 cm³/mol. The number of Topliss-reactive ketones (excluding diaryl/α,β-unsaturated/α-hetero) is 1. The Hall–Kier alpha value is -4.28. The third-order valence-electron chi connectivity index (χ3n) is 7.54. The van der Waals surface area contributed by atoms with Crippen molar-refractivity contribution in [2.45, 2.75) is 6.54 Å². The lowest BCUT2D eigenvalue weighted by molar-refractivity contribution is 0.101. The summed E-state index contributed by atoms with van der Waals surface area (Å²) >= 11 is 0. The predicted octanol–water partition coefficient (Wildman–Crippen LogP) is 3.33. The second-order valence-electron chi connectivity index (χ2n) is 10.1. The minimum Gasteiger partial charge on any atom is -0.508 e. The zero-order valence-electron chi connectivity index (χ0n) is 22.2. The summed E-state index contributed by atoms with van der Waals surface area (Å²) in [6.07, 6.45) is 5.49. The number of hydrogen-bond donors (Lipinski definition) is 2. The number of phenols is 2. The lowest BCUT2D eigenvalue weighted by atomic mass is 10.0. The average molecular weight is 530 g/mol. The Bertz CT molecular complexity index is 1610. The Morgan fingerprint density at radius 1 is 1.08 bits per heavy atom. The van der Waals surface area contributed by atoms with Crippen molar-refractivity contribution in [2.75, 3.05) is 46.9 Å². The van der Waals surface area contributed by atoms with Gasteiger partial charge >= 0.3 is 0 Å². The molecule has 202 valence electrons. The van der Waals surface area contributed by atoms with E-state index in [4.69, 9.17) is 9.47 Å². The molecule has 0 unspecified atom stereocenters. The molecule has 1 saturated heterocycles. The summed E-state index contributed by atoms with van der Waals surface area (Å²) < 4.78 is 15.5. The molecule has 0 amide bonds. The van der Waals surface area contributed by atoms with E-state index in [1.54, 1.807) is 17.9 Å². The van der Waals surface area contributed by atoms with Gasteiger partial charge in [-0.3, -0.25) is 14.4 Å². The minimum absolute atomic E-state index is 0.0402. The number of carbonyl (C=O) groups is 1. The van der Waals surface area contributed by atoms with Crippen molar-refractivity contribution in [2.24, 2.45) is 7.05 Å². The largest absolute Gasteiger partial charge is 0.508 e. The number of carbonyl (C=O) groups excluding carboxylic acids is 1. The fourth-order valence-corrected chi connectivity index (χ4v) is 5.44. The summed E-state index contributed by atoms with van der Waals surface area (Å²) in [5, 5.41) is 25.6. The van der Waals surface area contributed by atoms with E-state index in [9.17, 15) is 15.0 Å². The first kappa shape index (κ1) is 25.0. The van der Waals surface area contributed by atoms with Crippen LogP contribution >= 0.6 is 0 Å². The molecule has 0 radical (unpaired) electrons. The maximum atomic E-state index is 13.3. The number of likely N-dealkylation sites (N-methyl/N-ethyl adjacent to an activating group) is 1. The molecule has 2 aliphatic heterocycles. The van der Waals surface area contributed by atoms with E-state index < -0.39 is 5.78 Å². The van der Waals surface area contributed by atoms with Crippen LogP contribution in [0.3, 0.4) is 0 Å². The number of ether oxygens (including phenoxy) is 2. The van der Waals surface area contributed by atoms with Gasteiger partial charge in [-0.2, -0.15) is 5.10 Å². The van der Waals surface area contributed by atoms with Gasteiger partial charge in [-0.1, -0.05) is 0 Å². The highest BCUT2D eigenvalue weighted by molar-refractivity contribution is 6.17. The zero-order valence-corrected chi connectivity index (χ0v) is 22.2. The minimum atomic E-state index is -0.444. The number of allylic oxidation sites excluding steroid dienone is 1. The van der Waals surface area contributed by atoms with Crippen molar-refractivity contribution in [1.29, 1.82) is 0 Å². The van der Waals surface area contributed by atoms with E-state index in [1.807, 2.05) is 37.6 Å². The molecule has 0 spiro atoms. The zero-order chi connectivity index (χ0) is 27.3. The van der Waals surface area contributed by atoms with Crippen LogP contribution in [0.5, 0.6) is 23.0 Å². The molecular formula is C29H31N5O5. The Balaban J connectivity index is 1.50. The maximum Gasteiger partial charge on any atom is 0.235 e. The topological polar surface area (TPSA) is 105 Å². The first-order valence-corrected chi connectivity index (χ1v) is 12.9. The van der Waals surface area contributed by atoms with Crippen LogP contribution in [-0.2, 0) is 13.6 Å². The quantitative estimate of drug-likeness (QED) is 0.367. The molecule has 2 aromatic carbocycles. The van der Waals surface area contributed by atoms with Gasteiger partial charge in [0, 0.05) is 86.7 Å². The molecule has 0 aliphatic carbocycles. The third kappa shape index (κ3) is 4.51. The number of aromatic hydroxyl groups is 2. The van der Waals surface area contributed by atoms with E-state index in [-0.39, 0.29) is 28.6 Å². The van der Waals surface area contributed by atoms with Crippen LogP contribution in [0.2, 0.25) is 0 Å². The van der Waals surface area contributed by atoms with E-state index >= 15 is 0 Å². The van der Waals surface area contributed by atoms with Gasteiger partial charge in [-0.05, 0) is 31.3 Å². The molecule has 0 atom stereocenters. The first-order valence-electron chi connectivity index (χ1n) is 12.9. The molecule has 4 heterocycles. The Morgan fingerprint density at radius 2 is 1.87 bits per heavy atom. The SMILES string of the molecule is COc1ccc2c(c1)c(/C=C1\Oc3cc(O)cc(O)c3C1=O)c(-c1cnn(C)c1)n2CCN1CCN(C)CC1. The highest BCUT2D eigenvalue weighted by atomic mass is 16.5. The summed E-state index contributed by atoms with van der Waals surface area (Å²) in [6, 6.07) is 8.41.